The minimum absolute atomic E-state index is 0.121. The third-order valence-corrected chi connectivity index (χ3v) is 3.57. The SMILES string of the molecule is CCOC(=O)N1CCN(c2ccc([N+](=O)[O-])cc2C(=O)O)CC1. The number of ether oxygens (including phenoxy) is 1. The molecule has 1 aliphatic heterocycles. The lowest BCUT2D eigenvalue weighted by molar-refractivity contribution is -0.384. The second kappa shape index (κ2) is 6.95. The maximum atomic E-state index is 11.7. The molecule has 1 aromatic rings. The van der Waals surface area contributed by atoms with E-state index in [0.29, 0.717) is 38.5 Å². The molecular weight excluding hydrogens is 306 g/mol. The highest BCUT2D eigenvalue weighted by Gasteiger charge is 2.25. The van der Waals surface area contributed by atoms with Gasteiger partial charge < -0.3 is 19.6 Å². The second-order valence-electron chi connectivity index (χ2n) is 4.94. The molecule has 1 saturated heterocycles. The Morgan fingerprint density at radius 3 is 2.48 bits per heavy atom. The van der Waals surface area contributed by atoms with Gasteiger partial charge in [0.15, 0.2) is 0 Å². The molecule has 0 aliphatic carbocycles. The molecule has 1 aromatic carbocycles. The van der Waals surface area contributed by atoms with Crippen LogP contribution < -0.4 is 4.90 Å². The van der Waals surface area contributed by atoms with E-state index < -0.39 is 17.0 Å². The van der Waals surface area contributed by atoms with Gasteiger partial charge in [-0.25, -0.2) is 9.59 Å². The maximum absolute atomic E-state index is 11.7. The Bertz CT molecular complexity index is 625. The number of hydrogen-bond acceptors (Lipinski definition) is 6. The van der Waals surface area contributed by atoms with Crippen LogP contribution in [0.2, 0.25) is 0 Å². The Hall–Kier alpha value is -2.84. The van der Waals surface area contributed by atoms with Crippen LogP contribution in [0, 0.1) is 10.1 Å². The third kappa shape index (κ3) is 3.68. The van der Waals surface area contributed by atoms with E-state index in [1.165, 1.54) is 12.1 Å². The van der Waals surface area contributed by atoms with Crippen LogP contribution in [-0.4, -0.2) is 59.8 Å². The average molecular weight is 323 g/mol. The molecule has 1 aliphatic rings. The van der Waals surface area contributed by atoms with Crippen molar-refractivity contribution in [2.45, 2.75) is 6.92 Å². The zero-order chi connectivity index (χ0) is 17.0. The summed E-state index contributed by atoms with van der Waals surface area (Å²) in [4.78, 5) is 36.5. The molecule has 124 valence electrons. The molecule has 9 heteroatoms. The fourth-order valence-corrected chi connectivity index (χ4v) is 2.43. The van der Waals surface area contributed by atoms with E-state index in [-0.39, 0.29) is 11.3 Å². The van der Waals surface area contributed by atoms with E-state index in [9.17, 15) is 24.8 Å². The topological polar surface area (TPSA) is 113 Å². The third-order valence-electron chi connectivity index (χ3n) is 3.57. The lowest BCUT2D eigenvalue weighted by atomic mass is 10.1. The number of non-ortho nitro benzene ring substituents is 1. The van der Waals surface area contributed by atoms with E-state index in [1.54, 1.807) is 16.7 Å². The second-order valence-corrected chi connectivity index (χ2v) is 4.94. The molecule has 0 spiro atoms. The number of benzene rings is 1. The van der Waals surface area contributed by atoms with Crippen LogP contribution in [0.25, 0.3) is 0 Å². The molecule has 1 N–H and O–H groups in total. The fourth-order valence-electron chi connectivity index (χ4n) is 2.43. The van der Waals surface area contributed by atoms with Gasteiger partial charge in [0.1, 0.15) is 0 Å². The molecule has 1 heterocycles. The van der Waals surface area contributed by atoms with Gasteiger partial charge in [0, 0.05) is 38.3 Å². The number of carbonyl (C=O) groups is 2. The van der Waals surface area contributed by atoms with Crippen LogP contribution in [-0.2, 0) is 4.74 Å². The van der Waals surface area contributed by atoms with Crippen LogP contribution in [0.1, 0.15) is 17.3 Å². The number of aromatic carboxylic acids is 1. The van der Waals surface area contributed by atoms with Crippen molar-refractivity contribution in [3.05, 3.63) is 33.9 Å². The first kappa shape index (κ1) is 16.5. The number of nitrogens with zero attached hydrogens (tertiary/aromatic N) is 3. The molecule has 1 amide bonds. The minimum Gasteiger partial charge on any atom is -0.478 e. The highest BCUT2D eigenvalue weighted by molar-refractivity contribution is 5.95. The van der Waals surface area contributed by atoms with E-state index in [1.807, 2.05) is 0 Å². The number of carbonyl (C=O) groups excluding carboxylic acids is 1. The van der Waals surface area contributed by atoms with Gasteiger partial charge in [0.05, 0.1) is 22.8 Å². The molecule has 2 rings (SSSR count). The van der Waals surface area contributed by atoms with Crippen molar-refractivity contribution in [1.29, 1.82) is 0 Å². The standard InChI is InChI=1S/C14H17N3O6/c1-2-23-14(20)16-7-5-15(6-8-16)12-4-3-10(17(21)22)9-11(12)13(18)19/h3-4,9H,2,5-8H2,1H3,(H,18,19). The maximum Gasteiger partial charge on any atom is 0.409 e. The van der Waals surface area contributed by atoms with Gasteiger partial charge in [0.2, 0.25) is 0 Å². The number of piperazine rings is 1. The normalized spacial score (nSPS) is 14.5. The largest absolute Gasteiger partial charge is 0.478 e. The van der Waals surface area contributed by atoms with Gasteiger partial charge in [-0.2, -0.15) is 0 Å². The van der Waals surface area contributed by atoms with Crippen molar-refractivity contribution in [2.24, 2.45) is 0 Å². The Balaban J connectivity index is 2.16. The van der Waals surface area contributed by atoms with Gasteiger partial charge in [-0.3, -0.25) is 10.1 Å². The summed E-state index contributed by atoms with van der Waals surface area (Å²) >= 11 is 0. The van der Waals surface area contributed by atoms with Crippen LogP contribution in [0.5, 0.6) is 0 Å². The fraction of sp³-hybridized carbons (Fsp3) is 0.429. The number of carboxylic acid groups (broad SMARTS) is 1. The quantitative estimate of drug-likeness (QED) is 0.661. The van der Waals surface area contributed by atoms with Crippen molar-refractivity contribution in [3.63, 3.8) is 0 Å². The molecular formula is C14H17N3O6. The minimum atomic E-state index is -1.23. The summed E-state index contributed by atoms with van der Waals surface area (Å²) in [5, 5.41) is 20.1. The van der Waals surface area contributed by atoms with E-state index in [2.05, 4.69) is 0 Å². The predicted octanol–water partition coefficient (Wildman–Crippen LogP) is 1.57. The van der Waals surface area contributed by atoms with Crippen LogP contribution in [0.3, 0.4) is 0 Å². The molecule has 0 saturated carbocycles. The molecule has 0 unspecified atom stereocenters. The monoisotopic (exact) mass is 323 g/mol. The predicted molar refractivity (Wildman–Crippen MR) is 80.9 cm³/mol. The Labute approximate surface area is 132 Å². The van der Waals surface area contributed by atoms with Crippen molar-refractivity contribution in [3.8, 4) is 0 Å². The number of hydrogen-bond donors (Lipinski definition) is 1. The van der Waals surface area contributed by atoms with E-state index in [0.717, 1.165) is 6.07 Å². The first-order valence-corrected chi connectivity index (χ1v) is 7.12. The Morgan fingerprint density at radius 2 is 1.96 bits per heavy atom. The van der Waals surface area contributed by atoms with Gasteiger partial charge in [-0.1, -0.05) is 0 Å². The van der Waals surface area contributed by atoms with Crippen LogP contribution in [0.15, 0.2) is 18.2 Å². The lowest BCUT2D eigenvalue weighted by Crippen LogP contribution is -2.49. The van der Waals surface area contributed by atoms with Gasteiger partial charge in [0.25, 0.3) is 5.69 Å². The number of anilines is 1. The molecule has 0 atom stereocenters. The molecule has 9 nitrogen and oxygen atoms in total. The van der Waals surface area contributed by atoms with Gasteiger partial charge in [-0.05, 0) is 13.0 Å². The molecule has 0 radical (unpaired) electrons. The summed E-state index contributed by atoms with van der Waals surface area (Å²) in [6.07, 6.45) is -0.394. The average Bonchev–Trinajstić information content (AvgIpc) is 2.54. The number of nitro groups is 1. The number of carboxylic acids is 1. The summed E-state index contributed by atoms with van der Waals surface area (Å²) < 4.78 is 4.93. The van der Waals surface area contributed by atoms with Crippen LogP contribution >= 0.6 is 0 Å². The van der Waals surface area contributed by atoms with Crippen molar-refractivity contribution >= 4 is 23.4 Å². The summed E-state index contributed by atoms with van der Waals surface area (Å²) in [6, 6.07) is 3.76. The smallest absolute Gasteiger partial charge is 0.409 e. The molecule has 23 heavy (non-hydrogen) atoms. The van der Waals surface area contributed by atoms with E-state index in [4.69, 9.17) is 4.74 Å². The highest BCUT2D eigenvalue weighted by atomic mass is 16.6. The zero-order valence-electron chi connectivity index (χ0n) is 12.6. The van der Waals surface area contributed by atoms with Crippen molar-refractivity contribution < 1.29 is 24.4 Å². The first-order chi connectivity index (χ1) is 10.9. The molecule has 1 fully saturated rings. The number of rotatable bonds is 4. The lowest BCUT2D eigenvalue weighted by Gasteiger charge is -2.35. The summed E-state index contributed by atoms with van der Waals surface area (Å²) in [5.41, 5.74) is 0.0201. The highest BCUT2D eigenvalue weighted by Crippen LogP contribution is 2.26. The van der Waals surface area contributed by atoms with Crippen molar-refractivity contribution in [1.82, 2.24) is 4.90 Å². The Kier molecular flexibility index (Phi) is 4.99. The van der Waals surface area contributed by atoms with E-state index >= 15 is 0 Å². The first-order valence-electron chi connectivity index (χ1n) is 7.12. The van der Waals surface area contributed by atoms with Crippen molar-refractivity contribution in [2.75, 3.05) is 37.7 Å². The van der Waals surface area contributed by atoms with Gasteiger partial charge >= 0.3 is 12.1 Å². The number of amides is 1. The van der Waals surface area contributed by atoms with Gasteiger partial charge in [-0.15, -0.1) is 0 Å². The zero-order valence-corrected chi connectivity index (χ0v) is 12.6. The summed E-state index contributed by atoms with van der Waals surface area (Å²) in [7, 11) is 0. The Morgan fingerprint density at radius 1 is 1.30 bits per heavy atom. The molecule has 0 aromatic heterocycles. The van der Waals surface area contributed by atoms with Crippen LogP contribution in [0.4, 0.5) is 16.2 Å². The molecule has 0 bridgehead atoms. The summed E-state index contributed by atoms with van der Waals surface area (Å²) in [5.74, 6) is -1.23. The number of nitro benzene ring substituents is 1. The summed E-state index contributed by atoms with van der Waals surface area (Å²) in [6.45, 7) is 3.67.